The second kappa shape index (κ2) is 7.43. The number of carbonyl (C=O) groups is 1. The molecule has 5 heteroatoms. The molecule has 0 unspecified atom stereocenters. The van der Waals surface area contributed by atoms with Gasteiger partial charge in [-0.1, -0.05) is 6.08 Å². The minimum atomic E-state index is -0.348. The van der Waals surface area contributed by atoms with Gasteiger partial charge in [-0.3, -0.25) is 4.79 Å². The molecule has 0 saturated heterocycles. The van der Waals surface area contributed by atoms with Crippen LogP contribution in [0.1, 0.15) is 12.0 Å². The van der Waals surface area contributed by atoms with Crippen LogP contribution in [0.3, 0.4) is 0 Å². The van der Waals surface area contributed by atoms with Crippen LogP contribution in [0.5, 0.6) is 17.2 Å². The number of rotatable bonds is 8. The van der Waals surface area contributed by atoms with Gasteiger partial charge in [-0.2, -0.15) is 0 Å². The Kier molecular flexibility index (Phi) is 5.90. The summed E-state index contributed by atoms with van der Waals surface area (Å²) in [6, 6.07) is 3.64. The van der Waals surface area contributed by atoms with Gasteiger partial charge in [0.2, 0.25) is 11.7 Å². The summed E-state index contributed by atoms with van der Waals surface area (Å²) < 4.78 is 15.8. The van der Waals surface area contributed by atoms with Crippen molar-refractivity contribution in [2.24, 2.45) is 11.7 Å². The highest BCUT2D eigenvalue weighted by Crippen LogP contribution is 2.38. The molecule has 1 aromatic rings. The van der Waals surface area contributed by atoms with Crippen LogP contribution in [0.25, 0.3) is 0 Å². The summed E-state index contributed by atoms with van der Waals surface area (Å²) in [6.07, 6.45) is 2.72. The average Bonchev–Trinajstić information content (AvgIpc) is 2.45. The van der Waals surface area contributed by atoms with E-state index in [1.165, 1.54) is 0 Å². The second-order valence-corrected chi connectivity index (χ2v) is 4.36. The first-order chi connectivity index (χ1) is 9.57. The summed E-state index contributed by atoms with van der Waals surface area (Å²) in [5.74, 6) is 0.999. The molecule has 1 aromatic carbocycles. The molecule has 0 saturated carbocycles. The van der Waals surface area contributed by atoms with Gasteiger partial charge in [0, 0.05) is 5.92 Å². The summed E-state index contributed by atoms with van der Waals surface area (Å²) in [4.78, 5) is 11.4. The van der Waals surface area contributed by atoms with Crippen LogP contribution in [0.15, 0.2) is 24.8 Å². The van der Waals surface area contributed by atoms with Gasteiger partial charge < -0.3 is 19.9 Å². The minimum Gasteiger partial charge on any atom is -0.493 e. The number of benzene rings is 1. The Balaban J connectivity index is 3.12. The molecule has 0 bridgehead atoms. The molecule has 5 nitrogen and oxygen atoms in total. The molecule has 0 aliphatic carbocycles. The lowest BCUT2D eigenvalue weighted by molar-refractivity contribution is -0.121. The van der Waals surface area contributed by atoms with Crippen LogP contribution in [0, 0.1) is 5.92 Å². The van der Waals surface area contributed by atoms with Gasteiger partial charge in [-0.25, -0.2) is 0 Å². The first-order valence-corrected chi connectivity index (χ1v) is 6.26. The van der Waals surface area contributed by atoms with E-state index in [2.05, 4.69) is 6.58 Å². The molecular formula is C15H21NO4. The van der Waals surface area contributed by atoms with E-state index >= 15 is 0 Å². The Labute approximate surface area is 119 Å². The summed E-state index contributed by atoms with van der Waals surface area (Å²) in [6.45, 7) is 3.64. The molecule has 1 amide bonds. The standard InChI is InChI=1S/C15H21NO4/c1-5-6-11(15(16)17)7-10-8-12(18-2)14(20-4)13(9-10)19-3/h5,8-9,11H,1,6-7H2,2-4H3,(H2,16,17)/t11-/m1/s1. The molecule has 1 atom stereocenters. The van der Waals surface area contributed by atoms with Crippen LogP contribution in [0.4, 0.5) is 0 Å². The predicted molar refractivity (Wildman–Crippen MR) is 77.3 cm³/mol. The van der Waals surface area contributed by atoms with E-state index in [9.17, 15) is 4.79 Å². The van der Waals surface area contributed by atoms with Gasteiger partial charge in [0.25, 0.3) is 0 Å². The Morgan fingerprint density at radius 2 is 1.80 bits per heavy atom. The summed E-state index contributed by atoms with van der Waals surface area (Å²) >= 11 is 0. The van der Waals surface area contributed by atoms with Gasteiger partial charge >= 0.3 is 0 Å². The van der Waals surface area contributed by atoms with Crippen molar-refractivity contribution >= 4 is 5.91 Å². The lowest BCUT2D eigenvalue weighted by atomic mass is 9.95. The SMILES string of the molecule is C=CC[C@H](Cc1cc(OC)c(OC)c(OC)c1)C(N)=O. The maximum Gasteiger partial charge on any atom is 0.221 e. The first kappa shape index (κ1) is 15.9. The smallest absolute Gasteiger partial charge is 0.221 e. The third kappa shape index (κ3) is 3.66. The lowest BCUT2D eigenvalue weighted by Crippen LogP contribution is -2.24. The fourth-order valence-electron chi connectivity index (χ4n) is 2.04. The summed E-state index contributed by atoms with van der Waals surface area (Å²) in [5, 5.41) is 0. The average molecular weight is 279 g/mol. The fourth-order valence-corrected chi connectivity index (χ4v) is 2.04. The van der Waals surface area contributed by atoms with Gasteiger partial charge in [-0.15, -0.1) is 6.58 Å². The number of amides is 1. The number of ether oxygens (including phenoxy) is 3. The predicted octanol–water partition coefficient (Wildman–Crippen LogP) is 1.93. The molecule has 20 heavy (non-hydrogen) atoms. The minimum absolute atomic E-state index is 0.296. The fraction of sp³-hybridized carbons (Fsp3) is 0.400. The Hall–Kier alpha value is -2.17. The molecule has 0 aliphatic rings. The second-order valence-electron chi connectivity index (χ2n) is 4.36. The van der Waals surface area contributed by atoms with Crippen LogP contribution < -0.4 is 19.9 Å². The van der Waals surface area contributed by atoms with Crippen LogP contribution >= 0.6 is 0 Å². The molecule has 0 fully saturated rings. The molecule has 0 aliphatic heterocycles. The summed E-state index contributed by atoms with van der Waals surface area (Å²) in [7, 11) is 4.65. The van der Waals surface area contributed by atoms with Crippen molar-refractivity contribution in [3.63, 3.8) is 0 Å². The highest BCUT2D eigenvalue weighted by atomic mass is 16.5. The number of primary amides is 1. The van der Waals surface area contributed by atoms with Crippen molar-refractivity contribution in [3.8, 4) is 17.2 Å². The number of carbonyl (C=O) groups excluding carboxylic acids is 1. The molecule has 2 N–H and O–H groups in total. The van der Waals surface area contributed by atoms with Crippen LogP contribution in [-0.4, -0.2) is 27.2 Å². The van der Waals surface area contributed by atoms with E-state index in [0.29, 0.717) is 30.1 Å². The molecule has 0 heterocycles. The zero-order valence-corrected chi connectivity index (χ0v) is 12.1. The number of hydrogen-bond donors (Lipinski definition) is 1. The normalized spacial score (nSPS) is 11.6. The van der Waals surface area contributed by atoms with E-state index < -0.39 is 0 Å². The first-order valence-electron chi connectivity index (χ1n) is 6.26. The molecule has 1 rings (SSSR count). The number of allylic oxidation sites excluding steroid dienone is 1. The van der Waals surface area contributed by atoms with E-state index in [4.69, 9.17) is 19.9 Å². The number of hydrogen-bond acceptors (Lipinski definition) is 4. The van der Waals surface area contributed by atoms with Crippen molar-refractivity contribution in [1.82, 2.24) is 0 Å². The third-order valence-electron chi connectivity index (χ3n) is 3.06. The Bertz CT molecular complexity index is 460. The molecule has 0 radical (unpaired) electrons. The van der Waals surface area contributed by atoms with Gasteiger partial charge in [0.05, 0.1) is 21.3 Å². The third-order valence-corrected chi connectivity index (χ3v) is 3.06. The van der Waals surface area contributed by atoms with Crippen molar-refractivity contribution in [3.05, 3.63) is 30.4 Å². The number of methoxy groups -OCH3 is 3. The topological polar surface area (TPSA) is 70.8 Å². The number of nitrogens with two attached hydrogens (primary N) is 1. The highest BCUT2D eigenvalue weighted by Gasteiger charge is 2.18. The maximum atomic E-state index is 11.4. The monoisotopic (exact) mass is 279 g/mol. The largest absolute Gasteiger partial charge is 0.493 e. The van der Waals surface area contributed by atoms with E-state index in [0.717, 1.165) is 5.56 Å². The van der Waals surface area contributed by atoms with Gasteiger partial charge in [0.15, 0.2) is 11.5 Å². The van der Waals surface area contributed by atoms with Crippen LogP contribution in [-0.2, 0) is 11.2 Å². The van der Waals surface area contributed by atoms with Crippen molar-refractivity contribution in [1.29, 1.82) is 0 Å². The van der Waals surface area contributed by atoms with Crippen molar-refractivity contribution in [2.45, 2.75) is 12.8 Å². The lowest BCUT2D eigenvalue weighted by Gasteiger charge is -2.16. The Morgan fingerprint density at radius 3 is 2.15 bits per heavy atom. The highest BCUT2D eigenvalue weighted by molar-refractivity contribution is 5.77. The Morgan fingerprint density at radius 1 is 1.25 bits per heavy atom. The quantitative estimate of drug-likeness (QED) is 0.738. The van der Waals surface area contributed by atoms with E-state index in [-0.39, 0.29) is 11.8 Å². The zero-order valence-electron chi connectivity index (χ0n) is 12.1. The molecule has 0 spiro atoms. The molecule has 110 valence electrons. The maximum absolute atomic E-state index is 11.4. The van der Waals surface area contributed by atoms with E-state index in [1.807, 2.05) is 12.1 Å². The summed E-state index contributed by atoms with van der Waals surface area (Å²) in [5.41, 5.74) is 6.29. The molecule has 0 aromatic heterocycles. The van der Waals surface area contributed by atoms with Gasteiger partial charge in [-0.05, 0) is 30.5 Å². The molecular weight excluding hydrogens is 258 g/mol. The van der Waals surface area contributed by atoms with Crippen molar-refractivity contribution in [2.75, 3.05) is 21.3 Å². The van der Waals surface area contributed by atoms with Gasteiger partial charge in [0.1, 0.15) is 0 Å². The van der Waals surface area contributed by atoms with Crippen LogP contribution in [0.2, 0.25) is 0 Å². The van der Waals surface area contributed by atoms with E-state index in [1.54, 1.807) is 27.4 Å². The zero-order chi connectivity index (χ0) is 15.1. The van der Waals surface area contributed by atoms with Crippen molar-refractivity contribution < 1.29 is 19.0 Å².